The third-order valence-electron chi connectivity index (χ3n) is 5.12. The summed E-state index contributed by atoms with van der Waals surface area (Å²) < 4.78 is 5.66. The van der Waals surface area contributed by atoms with Crippen LogP contribution >= 0.6 is 0 Å². The second-order valence-corrected chi connectivity index (χ2v) is 6.67. The molecule has 2 aliphatic heterocycles. The van der Waals surface area contributed by atoms with Crippen molar-refractivity contribution in [2.75, 3.05) is 33.3 Å². The van der Waals surface area contributed by atoms with Crippen LogP contribution < -0.4 is 4.84 Å². The highest BCUT2D eigenvalue weighted by atomic mass is 16.7. The molecule has 124 valence electrons. The summed E-state index contributed by atoms with van der Waals surface area (Å²) in [7, 11) is 2.16. The largest absolute Gasteiger partial charge is 0.405 e. The molecule has 5 heteroatoms. The minimum Gasteiger partial charge on any atom is -0.405 e. The molecule has 3 heterocycles. The van der Waals surface area contributed by atoms with Crippen molar-refractivity contribution in [3.63, 3.8) is 0 Å². The molecule has 2 aromatic rings. The smallest absolute Gasteiger partial charge is 0.157 e. The molecule has 2 bridgehead atoms. The molecular weight excluding hydrogens is 290 g/mol. The number of H-pyrrole nitrogens is 1. The number of hydrogen-bond donors (Lipinski definition) is 1. The quantitative estimate of drug-likeness (QED) is 0.889. The molecule has 2 saturated heterocycles. The Morgan fingerprint density at radius 2 is 2.35 bits per heavy atom. The average Bonchev–Trinajstić information content (AvgIpc) is 3.28. The minimum absolute atomic E-state index is 0.350. The summed E-state index contributed by atoms with van der Waals surface area (Å²) in [4.78, 5) is 12.0. The molecule has 2 fully saturated rings. The van der Waals surface area contributed by atoms with Crippen LogP contribution in [0.1, 0.15) is 18.9 Å². The van der Waals surface area contributed by atoms with Crippen LogP contribution in [0.5, 0.6) is 5.75 Å². The van der Waals surface area contributed by atoms with Crippen molar-refractivity contribution in [1.82, 2.24) is 14.9 Å². The maximum Gasteiger partial charge on any atom is 0.157 e. The summed E-state index contributed by atoms with van der Waals surface area (Å²) in [5.41, 5.74) is 2.48. The number of likely N-dealkylation sites (N-methyl/N-ethyl adjacent to an activating group) is 1. The van der Waals surface area contributed by atoms with Crippen molar-refractivity contribution in [2.24, 2.45) is 0 Å². The van der Waals surface area contributed by atoms with Gasteiger partial charge in [-0.3, -0.25) is 0 Å². The van der Waals surface area contributed by atoms with Crippen LogP contribution in [-0.2, 0) is 11.2 Å². The summed E-state index contributed by atoms with van der Waals surface area (Å²) in [5.74, 6) is 0.963. The average molecular weight is 315 g/mol. The molecule has 23 heavy (non-hydrogen) atoms. The molecule has 5 nitrogen and oxygen atoms in total. The highest BCUT2D eigenvalue weighted by Crippen LogP contribution is 2.33. The van der Waals surface area contributed by atoms with Gasteiger partial charge in [0.15, 0.2) is 5.75 Å². The molecule has 0 radical (unpaired) electrons. The molecule has 0 unspecified atom stereocenters. The zero-order chi connectivity index (χ0) is 15.8. The van der Waals surface area contributed by atoms with E-state index >= 15 is 0 Å². The molecule has 0 spiro atoms. The highest BCUT2D eigenvalue weighted by molar-refractivity contribution is 5.89. The van der Waals surface area contributed by atoms with E-state index in [-0.39, 0.29) is 0 Å². The topological polar surface area (TPSA) is 40.7 Å². The number of benzene rings is 1. The van der Waals surface area contributed by atoms with Crippen LogP contribution in [0.15, 0.2) is 24.4 Å². The molecule has 0 saturated carbocycles. The number of rotatable bonds is 6. The van der Waals surface area contributed by atoms with Crippen molar-refractivity contribution in [2.45, 2.75) is 31.9 Å². The number of nitrogens with one attached hydrogen (secondary N) is 1. The summed E-state index contributed by atoms with van der Waals surface area (Å²) in [6.07, 6.45) is 4.60. The van der Waals surface area contributed by atoms with Crippen LogP contribution in [0.3, 0.4) is 0 Å². The minimum atomic E-state index is 0.350. The van der Waals surface area contributed by atoms with Gasteiger partial charge in [0.25, 0.3) is 0 Å². The Labute approximate surface area is 137 Å². The molecule has 0 aliphatic carbocycles. The zero-order valence-electron chi connectivity index (χ0n) is 13.9. The maximum atomic E-state index is 6.27. The Hall–Kier alpha value is -1.56. The Morgan fingerprint density at radius 3 is 3.09 bits per heavy atom. The number of hydroxylamine groups is 2. The van der Waals surface area contributed by atoms with E-state index in [1.807, 2.05) is 0 Å². The molecule has 4 rings (SSSR count). The highest BCUT2D eigenvalue weighted by Gasteiger charge is 2.40. The van der Waals surface area contributed by atoms with Crippen molar-refractivity contribution in [3.8, 4) is 5.75 Å². The Balaban J connectivity index is 1.57. The molecule has 2 aliphatic rings. The van der Waals surface area contributed by atoms with Gasteiger partial charge in [-0.05, 0) is 44.1 Å². The van der Waals surface area contributed by atoms with E-state index in [1.54, 1.807) is 0 Å². The van der Waals surface area contributed by atoms with Gasteiger partial charge < -0.3 is 19.5 Å². The van der Waals surface area contributed by atoms with Gasteiger partial charge in [0.05, 0.1) is 25.3 Å². The van der Waals surface area contributed by atoms with Gasteiger partial charge in [-0.1, -0.05) is 13.0 Å². The van der Waals surface area contributed by atoms with E-state index in [4.69, 9.17) is 9.57 Å². The van der Waals surface area contributed by atoms with Crippen molar-refractivity contribution in [1.29, 1.82) is 0 Å². The summed E-state index contributed by atoms with van der Waals surface area (Å²) in [6.45, 7) is 5.98. The molecule has 1 N–H and O–H groups in total. The molecule has 1 aromatic heterocycles. The normalized spacial score (nSPS) is 24.1. The monoisotopic (exact) mass is 315 g/mol. The van der Waals surface area contributed by atoms with E-state index in [0.717, 1.165) is 50.3 Å². The van der Waals surface area contributed by atoms with E-state index in [1.165, 1.54) is 10.9 Å². The lowest BCUT2D eigenvalue weighted by Crippen LogP contribution is -2.39. The number of fused-ring (bicyclic) bond motifs is 3. The fraction of sp³-hybridized carbons (Fsp3) is 0.556. The van der Waals surface area contributed by atoms with Crippen LogP contribution in [0, 0.1) is 0 Å². The fourth-order valence-electron chi connectivity index (χ4n) is 3.56. The van der Waals surface area contributed by atoms with Crippen LogP contribution in [0.4, 0.5) is 0 Å². The second kappa shape index (κ2) is 6.15. The SMILES string of the molecule is CCN(C)CCc1c[nH]c2cccc(ON3C[C@@H]4C[C@H]3CO4)c12. The van der Waals surface area contributed by atoms with E-state index < -0.39 is 0 Å². The van der Waals surface area contributed by atoms with Crippen molar-refractivity contribution >= 4 is 10.9 Å². The lowest BCUT2D eigenvalue weighted by atomic mass is 10.1. The third kappa shape index (κ3) is 2.84. The van der Waals surface area contributed by atoms with Gasteiger partial charge in [0.2, 0.25) is 0 Å². The Morgan fingerprint density at radius 1 is 1.43 bits per heavy atom. The van der Waals surface area contributed by atoms with Gasteiger partial charge in [0, 0.05) is 23.6 Å². The van der Waals surface area contributed by atoms with Gasteiger partial charge in [0.1, 0.15) is 0 Å². The molecule has 0 amide bonds. The lowest BCUT2D eigenvalue weighted by molar-refractivity contribution is -0.121. The molecular formula is C18H25N3O2. The van der Waals surface area contributed by atoms with Crippen LogP contribution in [0.25, 0.3) is 10.9 Å². The fourth-order valence-corrected chi connectivity index (χ4v) is 3.56. The zero-order valence-corrected chi connectivity index (χ0v) is 13.9. The first kappa shape index (κ1) is 15.0. The van der Waals surface area contributed by atoms with Gasteiger partial charge in [-0.2, -0.15) is 0 Å². The number of nitrogens with zero attached hydrogens (tertiary/aromatic N) is 2. The summed E-state index contributed by atoms with van der Waals surface area (Å²) in [5, 5.41) is 3.33. The number of aromatic amines is 1. The van der Waals surface area contributed by atoms with Crippen LogP contribution in [0.2, 0.25) is 0 Å². The second-order valence-electron chi connectivity index (χ2n) is 6.67. The number of aromatic nitrogens is 1. The predicted octanol–water partition coefficient (Wildman–Crippen LogP) is 2.43. The van der Waals surface area contributed by atoms with Crippen molar-refractivity contribution < 1.29 is 9.57 Å². The van der Waals surface area contributed by atoms with Crippen LogP contribution in [-0.4, -0.2) is 60.4 Å². The van der Waals surface area contributed by atoms with E-state index in [9.17, 15) is 0 Å². The predicted molar refractivity (Wildman–Crippen MR) is 90.7 cm³/mol. The number of morpholine rings is 1. The Kier molecular flexibility index (Phi) is 4.01. The number of ether oxygens (including phenoxy) is 1. The maximum absolute atomic E-state index is 6.27. The van der Waals surface area contributed by atoms with Crippen molar-refractivity contribution in [3.05, 3.63) is 30.0 Å². The van der Waals surface area contributed by atoms with E-state index in [0.29, 0.717) is 12.1 Å². The molecule has 1 aromatic carbocycles. The Bertz CT molecular complexity index is 684. The first-order valence-electron chi connectivity index (χ1n) is 8.58. The number of hydrogen-bond acceptors (Lipinski definition) is 4. The lowest BCUT2D eigenvalue weighted by Gasteiger charge is -2.26. The summed E-state index contributed by atoms with van der Waals surface area (Å²) in [6, 6.07) is 6.66. The first-order chi connectivity index (χ1) is 11.2. The van der Waals surface area contributed by atoms with E-state index in [2.05, 4.69) is 53.3 Å². The van der Waals surface area contributed by atoms with Gasteiger partial charge in [-0.25, -0.2) is 0 Å². The summed E-state index contributed by atoms with van der Waals surface area (Å²) >= 11 is 0. The third-order valence-corrected chi connectivity index (χ3v) is 5.12. The standard InChI is InChI=1S/C18H25N3O2/c1-3-20(2)8-7-13-10-19-16-5-4-6-17(18(13)16)23-21-11-15-9-14(21)12-22-15/h4-6,10,14-15,19H,3,7-9,11-12H2,1-2H3/t14-,15-/m0/s1. The van der Waals surface area contributed by atoms with Gasteiger partial charge >= 0.3 is 0 Å². The molecule has 2 atom stereocenters. The first-order valence-corrected chi connectivity index (χ1v) is 8.58. The van der Waals surface area contributed by atoms with Gasteiger partial charge in [-0.15, -0.1) is 5.06 Å².